The number of imidazole rings is 1. The fraction of sp³-hybridized carbons (Fsp3) is 0.467. The summed E-state index contributed by atoms with van der Waals surface area (Å²) in [5.41, 5.74) is 1.73. The Morgan fingerprint density at radius 1 is 1.10 bits per heavy atom. The molecule has 1 aliphatic heterocycles. The molecule has 0 saturated carbocycles. The van der Waals surface area contributed by atoms with Gasteiger partial charge in [-0.25, -0.2) is 4.79 Å². The predicted octanol–water partition coefficient (Wildman–Crippen LogP) is 2.10. The number of nitrogens with one attached hydrogen (secondary N) is 2. The van der Waals surface area contributed by atoms with Gasteiger partial charge in [0.25, 0.3) is 0 Å². The molecule has 1 aromatic carbocycles. The van der Waals surface area contributed by atoms with E-state index in [9.17, 15) is 9.59 Å². The van der Waals surface area contributed by atoms with E-state index in [4.69, 9.17) is 4.74 Å². The van der Waals surface area contributed by atoms with Gasteiger partial charge >= 0.3 is 5.69 Å². The lowest BCUT2D eigenvalue weighted by Gasteiger charge is -2.17. The fourth-order valence-corrected chi connectivity index (χ4v) is 3.10. The van der Waals surface area contributed by atoms with E-state index in [-0.39, 0.29) is 35.5 Å². The number of carbonyl (C=O) groups excluding carboxylic acids is 1. The van der Waals surface area contributed by atoms with Crippen molar-refractivity contribution in [2.75, 3.05) is 0 Å². The maximum absolute atomic E-state index is 12.7. The second-order valence-electron chi connectivity index (χ2n) is 5.63. The first-order valence-corrected chi connectivity index (χ1v) is 6.89. The van der Waals surface area contributed by atoms with Crippen molar-refractivity contribution in [1.82, 2.24) is 9.97 Å². The van der Waals surface area contributed by atoms with E-state index in [1.807, 2.05) is 20.8 Å². The van der Waals surface area contributed by atoms with Gasteiger partial charge in [-0.15, -0.1) is 0 Å². The Labute approximate surface area is 116 Å². The van der Waals surface area contributed by atoms with E-state index in [1.54, 1.807) is 18.2 Å². The van der Waals surface area contributed by atoms with E-state index in [1.165, 1.54) is 0 Å². The fourth-order valence-electron chi connectivity index (χ4n) is 3.10. The number of ketones is 1. The highest BCUT2D eigenvalue weighted by molar-refractivity contribution is 6.01. The minimum atomic E-state index is -0.260. The zero-order valence-corrected chi connectivity index (χ0v) is 11.8. The summed E-state index contributed by atoms with van der Waals surface area (Å²) in [7, 11) is 0. The van der Waals surface area contributed by atoms with E-state index in [0.717, 1.165) is 0 Å². The van der Waals surface area contributed by atoms with Crippen LogP contribution in [-0.2, 0) is 4.74 Å². The Bertz CT molecular complexity index is 715. The lowest BCUT2D eigenvalue weighted by Crippen LogP contribution is -2.26. The first-order chi connectivity index (χ1) is 9.47. The van der Waals surface area contributed by atoms with Gasteiger partial charge in [0.15, 0.2) is 5.78 Å². The first-order valence-electron chi connectivity index (χ1n) is 6.89. The van der Waals surface area contributed by atoms with Crippen LogP contribution in [-0.4, -0.2) is 28.0 Å². The number of H-pyrrole nitrogens is 2. The first kappa shape index (κ1) is 13.1. The third kappa shape index (κ3) is 1.98. The van der Waals surface area contributed by atoms with Crippen LogP contribution < -0.4 is 5.69 Å². The number of aromatic nitrogens is 2. The monoisotopic (exact) mass is 274 g/mol. The molecule has 106 valence electrons. The summed E-state index contributed by atoms with van der Waals surface area (Å²) in [5, 5.41) is 0. The van der Waals surface area contributed by atoms with Gasteiger partial charge in [-0.2, -0.15) is 0 Å². The molecule has 0 amide bonds. The summed E-state index contributed by atoms with van der Waals surface area (Å²) in [4.78, 5) is 29.3. The van der Waals surface area contributed by atoms with E-state index < -0.39 is 0 Å². The molecule has 2 aromatic rings. The summed E-state index contributed by atoms with van der Waals surface area (Å²) in [6.07, 6.45) is 0.0169. The predicted molar refractivity (Wildman–Crippen MR) is 75.9 cm³/mol. The molecule has 4 atom stereocenters. The lowest BCUT2D eigenvalue weighted by atomic mass is 9.83. The highest BCUT2D eigenvalue weighted by Crippen LogP contribution is 2.34. The molecule has 1 aliphatic rings. The molecule has 1 fully saturated rings. The quantitative estimate of drug-likeness (QED) is 0.823. The van der Waals surface area contributed by atoms with Gasteiger partial charge in [0.05, 0.1) is 29.2 Å². The van der Waals surface area contributed by atoms with E-state index >= 15 is 0 Å². The normalized spacial score (nSPS) is 29.9. The molecule has 3 rings (SSSR count). The Morgan fingerprint density at radius 3 is 2.45 bits per heavy atom. The summed E-state index contributed by atoms with van der Waals surface area (Å²) in [6, 6.07) is 5.25. The molecular formula is C15H18N2O3. The number of benzene rings is 1. The van der Waals surface area contributed by atoms with Gasteiger partial charge in [0.1, 0.15) is 0 Å². The highest BCUT2D eigenvalue weighted by atomic mass is 16.5. The average Bonchev–Trinajstić information content (AvgIpc) is 2.87. The van der Waals surface area contributed by atoms with Crippen molar-refractivity contribution in [1.29, 1.82) is 0 Å². The molecule has 1 saturated heterocycles. The minimum absolute atomic E-state index is 0.0755. The number of hydrogen-bond acceptors (Lipinski definition) is 3. The Balaban J connectivity index is 1.97. The van der Waals surface area contributed by atoms with E-state index in [2.05, 4.69) is 9.97 Å². The van der Waals surface area contributed by atoms with Crippen molar-refractivity contribution < 1.29 is 9.53 Å². The zero-order chi connectivity index (χ0) is 14.4. The number of rotatable bonds is 2. The van der Waals surface area contributed by atoms with Crippen LogP contribution in [0.4, 0.5) is 0 Å². The lowest BCUT2D eigenvalue weighted by molar-refractivity contribution is 0.0491. The molecule has 4 unspecified atom stereocenters. The van der Waals surface area contributed by atoms with Gasteiger partial charge in [0.2, 0.25) is 0 Å². The van der Waals surface area contributed by atoms with Crippen LogP contribution in [0.15, 0.2) is 23.0 Å². The van der Waals surface area contributed by atoms with Crippen molar-refractivity contribution in [2.45, 2.75) is 33.0 Å². The molecule has 0 spiro atoms. The van der Waals surface area contributed by atoms with Gasteiger partial charge in [0, 0.05) is 5.56 Å². The molecule has 0 bridgehead atoms. The van der Waals surface area contributed by atoms with Crippen LogP contribution in [0.1, 0.15) is 31.1 Å². The van der Waals surface area contributed by atoms with Crippen molar-refractivity contribution >= 4 is 16.8 Å². The molecule has 5 heteroatoms. The molecular weight excluding hydrogens is 256 g/mol. The summed E-state index contributed by atoms with van der Waals surface area (Å²) < 4.78 is 5.74. The number of carbonyl (C=O) groups is 1. The number of fused-ring (bicyclic) bond motifs is 1. The zero-order valence-electron chi connectivity index (χ0n) is 11.8. The Morgan fingerprint density at radius 2 is 1.80 bits per heavy atom. The molecule has 5 nitrogen and oxygen atoms in total. The molecule has 2 N–H and O–H groups in total. The van der Waals surface area contributed by atoms with Crippen LogP contribution in [0.2, 0.25) is 0 Å². The summed E-state index contributed by atoms with van der Waals surface area (Å²) >= 11 is 0. The van der Waals surface area contributed by atoms with Crippen LogP contribution in [0.25, 0.3) is 11.0 Å². The van der Waals surface area contributed by atoms with Crippen molar-refractivity contribution in [2.24, 2.45) is 11.8 Å². The number of hydrogen-bond donors (Lipinski definition) is 2. The second-order valence-corrected chi connectivity index (χ2v) is 5.63. The van der Waals surface area contributed by atoms with Crippen LogP contribution in [0, 0.1) is 11.8 Å². The topological polar surface area (TPSA) is 75.0 Å². The van der Waals surface area contributed by atoms with Crippen molar-refractivity contribution in [3.05, 3.63) is 34.2 Å². The third-order valence-corrected chi connectivity index (χ3v) is 4.35. The number of aromatic amines is 2. The summed E-state index contributed by atoms with van der Waals surface area (Å²) in [6.45, 7) is 5.99. The van der Waals surface area contributed by atoms with Crippen LogP contribution in [0.3, 0.4) is 0 Å². The highest BCUT2D eigenvalue weighted by Gasteiger charge is 2.41. The van der Waals surface area contributed by atoms with Gasteiger partial charge in [-0.05, 0) is 38.0 Å². The molecule has 1 aromatic heterocycles. The maximum atomic E-state index is 12.7. The third-order valence-electron chi connectivity index (χ3n) is 4.35. The molecule has 0 aliphatic carbocycles. The summed E-state index contributed by atoms with van der Waals surface area (Å²) in [5.74, 6) is 0.143. The number of Topliss-reactive ketones (excluding diaryl/α,β-unsaturated/α-hetero) is 1. The molecule has 0 radical (unpaired) electrons. The molecule has 20 heavy (non-hydrogen) atoms. The van der Waals surface area contributed by atoms with E-state index in [0.29, 0.717) is 16.6 Å². The Kier molecular flexibility index (Phi) is 3.01. The minimum Gasteiger partial charge on any atom is -0.374 e. The second kappa shape index (κ2) is 4.59. The van der Waals surface area contributed by atoms with Crippen molar-refractivity contribution in [3.8, 4) is 0 Å². The van der Waals surface area contributed by atoms with Gasteiger partial charge in [-0.3, -0.25) is 4.79 Å². The van der Waals surface area contributed by atoms with Crippen LogP contribution in [0.5, 0.6) is 0 Å². The largest absolute Gasteiger partial charge is 0.374 e. The van der Waals surface area contributed by atoms with Gasteiger partial charge < -0.3 is 14.7 Å². The maximum Gasteiger partial charge on any atom is 0.323 e. The SMILES string of the molecule is CC1OC(C)C(C(=O)c2ccc3[nH]c(=O)[nH]c3c2)C1C. The smallest absolute Gasteiger partial charge is 0.323 e. The van der Waals surface area contributed by atoms with Gasteiger partial charge in [-0.1, -0.05) is 6.92 Å². The van der Waals surface area contributed by atoms with Crippen molar-refractivity contribution in [3.63, 3.8) is 0 Å². The number of ether oxygens (including phenoxy) is 1. The molecule has 2 heterocycles. The average molecular weight is 274 g/mol. The van der Waals surface area contributed by atoms with Crippen LogP contribution >= 0.6 is 0 Å². The standard InChI is InChI=1S/C15H18N2O3/c1-7-8(2)20-9(3)13(7)14(18)10-4-5-11-12(6-10)17-15(19)16-11/h4-9,13H,1-3H3,(H2,16,17,19). The Hall–Kier alpha value is -1.88.